The number of carbonyl (C=O) groups excluding carboxylic acids is 1. The minimum absolute atomic E-state index is 0.0250. The van der Waals surface area contributed by atoms with Crippen molar-refractivity contribution in [3.63, 3.8) is 0 Å². The summed E-state index contributed by atoms with van der Waals surface area (Å²) in [6.07, 6.45) is 1.65. The van der Waals surface area contributed by atoms with Crippen molar-refractivity contribution in [2.24, 2.45) is 5.92 Å². The van der Waals surface area contributed by atoms with Crippen molar-refractivity contribution in [3.8, 4) is 0 Å². The molecule has 3 heterocycles. The van der Waals surface area contributed by atoms with Crippen molar-refractivity contribution in [1.82, 2.24) is 14.9 Å². The second kappa shape index (κ2) is 5.95. The zero-order valence-electron chi connectivity index (χ0n) is 11.9. The number of rotatable bonds is 3. The Morgan fingerprint density at radius 2 is 2.24 bits per heavy atom. The molecule has 0 amide bonds. The molecule has 0 atom stereocenters. The summed E-state index contributed by atoms with van der Waals surface area (Å²) >= 11 is 1.57. The number of nitrogen functional groups attached to an aromatic ring is 1. The molecule has 112 valence electrons. The second-order valence-electron chi connectivity index (χ2n) is 5.24. The molecular weight excluding hydrogens is 288 g/mol. The van der Waals surface area contributed by atoms with Crippen molar-refractivity contribution in [1.29, 1.82) is 0 Å². The maximum atomic E-state index is 11.5. The highest BCUT2D eigenvalue weighted by atomic mass is 32.1. The van der Waals surface area contributed by atoms with Gasteiger partial charge in [0.2, 0.25) is 0 Å². The molecule has 2 aromatic heterocycles. The third-order valence-corrected chi connectivity index (χ3v) is 4.69. The lowest BCUT2D eigenvalue weighted by atomic mass is 9.97. The Labute approximate surface area is 126 Å². The molecule has 21 heavy (non-hydrogen) atoms. The Morgan fingerprint density at radius 1 is 1.48 bits per heavy atom. The van der Waals surface area contributed by atoms with Gasteiger partial charge in [0.1, 0.15) is 16.5 Å². The molecular formula is C14H18N4O2S. The van der Waals surface area contributed by atoms with Gasteiger partial charge in [-0.05, 0) is 37.4 Å². The van der Waals surface area contributed by atoms with Crippen molar-refractivity contribution >= 4 is 33.3 Å². The number of esters is 1. The molecule has 2 N–H and O–H groups in total. The van der Waals surface area contributed by atoms with Crippen molar-refractivity contribution in [2.45, 2.75) is 19.4 Å². The third kappa shape index (κ3) is 2.98. The number of nitrogens with two attached hydrogens (primary N) is 1. The summed E-state index contributed by atoms with van der Waals surface area (Å²) < 4.78 is 4.80. The highest BCUT2D eigenvalue weighted by Gasteiger charge is 2.26. The van der Waals surface area contributed by atoms with Crippen LogP contribution in [-0.2, 0) is 16.1 Å². The number of fused-ring (bicyclic) bond motifs is 1. The zero-order valence-corrected chi connectivity index (χ0v) is 12.7. The van der Waals surface area contributed by atoms with Gasteiger partial charge >= 0.3 is 5.97 Å². The molecule has 1 aliphatic heterocycles. The van der Waals surface area contributed by atoms with Crippen LogP contribution in [-0.4, -0.2) is 41.0 Å². The summed E-state index contributed by atoms with van der Waals surface area (Å²) in [5.41, 5.74) is 5.96. The fraction of sp³-hybridized carbons (Fsp3) is 0.500. The lowest BCUT2D eigenvalue weighted by molar-refractivity contribution is -0.147. The summed E-state index contributed by atoms with van der Waals surface area (Å²) in [5.74, 6) is 1.21. The van der Waals surface area contributed by atoms with E-state index in [0.29, 0.717) is 12.4 Å². The number of methoxy groups -OCH3 is 1. The Kier molecular flexibility index (Phi) is 4.03. The fourth-order valence-electron chi connectivity index (χ4n) is 2.69. The first-order valence-corrected chi connectivity index (χ1v) is 7.85. The molecule has 0 radical (unpaired) electrons. The molecule has 0 aromatic carbocycles. The van der Waals surface area contributed by atoms with Crippen LogP contribution in [0.4, 0.5) is 5.82 Å². The molecule has 0 spiro atoms. The van der Waals surface area contributed by atoms with E-state index in [0.717, 1.165) is 42.0 Å². The minimum atomic E-state index is -0.102. The largest absolute Gasteiger partial charge is 0.469 e. The number of carbonyl (C=O) groups is 1. The number of ether oxygens (including phenoxy) is 1. The molecule has 0 saturated carbocycles. The molecule has 0 aliphatic carbocycles. The number of piperidine rings is 1. The van der Waals surface area contributed by atoms with Crippen LogP contribution in [0.5, 0.6) is 0 Å². The van der Waals surface area contributed by atoms with E-state index in [2.05, 4.69) is 14.9 Å². The summed E-state index contributed by atoms with van der Waals surface area (Å²) in [4.78, 5) is 23.6. The average Bonchev–Trinajstić information content (AvgIpc) is 2.96. The van der Waals surface area contributed by atoms with Gasteiger partial charge in [-0.15, -0.1) is 11.3 Å². The van der Waals surface area contributed by atoms with E-state index in [-0.39, 0.29) is 11.9 Å². The summed E-state index contributed by atoms with van der Waals surface area (Å²) in [6.45, 7) is 2.38. The minimum Gasteiger partial charge on any atom is -0.469 e. The zero-order chi connectivity index (χ0) is 14.8. The Balaban J connectivity index is 1.65. The van der Waals surface area contributed by atoms with Crippen LogP contribution < -0.4 is 5.73 Å². The van der Waals surface area contributed by atoms with Gasteiger partial charge in [-0.3, -0.25) is 9.69 Å². The number of aromatic nitrogens is 2. The van der Waals surface area contributed by atoms with Crippen molar-refractivity contribution in [3.05, 3.63) is 17.3 Å². The second-order valence-corrected chi connectivity index (χ2v) is 6.13. The Bertz CT molecular complexity index is 649. The maximum absolute atomic E-state index is 11.5. The van der Waals surface area contributed by atoms with E-state index < -0.39 is 0 Å². The molecule has 1 saturated heterocycles. The quantitative estimate of drug-likeness (QED) is 0.869. The van der Waals surface area contributed by atoms with E-state index >= 15 is 0 Å². The standard InChI is InChI=1S/C14H18N4O2S/c1-20-14(19)9-2-5-18(6-3-9)8-11-16-12(15)10-4-7-21-13(10)17-11/h4,7,9H,2-3,5-6,8H2,1H3,(H2,15,16,17). The van der Waals surface area contributed by atoms with E-state index in [1.54, 1.807) is 11.3 Å². The number of hydrogen-bond donors (Lipinski definition) is 1. The highest BCUT2D eigenvalue weighted by molar-refractivity contribution is 7.16. The van der Waals surface area contributed by atoms with Gasteiger partial charge in [0, 0.05) is 0 Å². The van der Waals surface area contributed by atoms with Gasteiger partial charge < -0.3 is 10.5 Å². The van der Waals surface area contributed by atoms with Gasteiger partial charge in [-0.1, -0.05) is 0 Å². The van der Waals surface area contributed by atoms with Crippen molar-refractivity contribution in [2.75, 3.05) is 25.9 Å². The molecule has 7 heteroatoms. The van der Waals surface area contributed by atoms with Crippen LogP contribution in [0.3, 0.4) is 0 Å². The van der Waals surface area contributed by atoms with Crippen molar-refractivity contribution < 1.29 is 9.53 Å². The van der Waals surface area contributed by atoms with Crippen LogP contribution in [0.2, 0.25) is 0 Å². The Morgan fingerprint density at radius 3 is 2.95 bits per heavy atom. The lowest BCUT2D eigenvalue weighted by Gasteiger charge is -2.29. The van der Waals surface area contributed by atoms with Gasteiger partial charge in [-0.2, -0.15) is 0 Å². The van der Waals surface area contributed by atoms with Crippen LogP contribution in [0.25, 0.3) is 10.2 Å². The number of anilines is 1. The van der Waals surface area contributed by atoms with E-state index in [9.17, 15) is 4.79 Å². The SMILES string of the molecule is COC(=O)C1CCN(Cc2nc(N)c3ccsc3n2)CC1. The number of hydrogen-bond acceptors (Lipinski definition) is 7. The number of nitrogens with zero attached hydrogens (tertiary/aromatic N) is 3. The first-order chi connectivity index (χ1) is 10.2. The van der Waals surface area contributed by atoms with Crippen LogP contribution in [0, 0.1) is 5.92 Å². The van der Waals surface area contributed by atoms with Gasteiger partial charge in [0.15, 0.2) is 0 Å². The topological polar surface area (TPSA) is 81.3 Å². The predicted molar refractivity (Wildman–Crippen MR) is 81.8 cm³/mol. The van der Waals surface area contributed by atoms with Crippen LogP contribution in [0.1, 0.15) is 18.7 Å². The van der Waals surface area contributed by atoms with Gasteiger partial charge in [0.25, 0.3) is 0 Å². The summed E-state index contributed by atoms with van der Waals surface area (Å²) in [7, 11) is 1.45. The van der Waals surface area contributed by atoms with E-state index in [1.807, 2.05) is 11.4 Å². The fourth-order valence-corrected chi connectivity index (χ4v) is 3.48. The highest BCUT2D eigenvalue weighted by Crippen LogP contribution is 2.24. The van der Waals surface area contributed by atoms with Crippen LogP contribution >= 0.6 is 11.3 Å². The third-order valence-electron chi connectivity index (χ3n) is 3.89. The number of likely N-dealkylation sites (tertiary alicyclic amines) is 1. The monoisotopic (exact) mass is 306 g/mol. The molecule has 2 aromatic rings. The molecule has 1 fully saturated rings. The normalized spacial score (nSPS) is 17.2. The number of thiophene rings is 1. The van der Waals surface area contributed by atoms with Crippen LogP contribution in [0.15, 0.2) is 11.4 Å². The molecule has 3 rings (SSSR count). The first kappa shape index (κ1) is 14.2. The molecule has 0 unspecified atom stereocenters. The maximum Gasteiger partial charge on any atom is 0.308 e. The van der Waals surface area contributed by atoms with E-state index in [1.165, 1.54) is 7.11 Å². The molecule has 1 aliphatic rings. The van der Waals surface area contributed by atoms with Gasteiger partial charge in [0.05, 0.1) is 25.0 Å². The lowest BCUT2D eigenvalue weighted by Crippen LogP contribution is -2.36. The smallest absolute Gasteiger partial charge is 0.308 e. The predicted octanol–water partition coefficient (Wildman–Crippen LogP) is 1.66. The molecule has 0 bridgehead atoms. The first-order valence-electron chi connectivity index (χ1n) is 6.97. The Hall–Kier alpha value is -1.73. The van der Waals surface area contributed by atoms with E-state index in [4.69, 9.17) is 10.5 Å². The van der Waals surface area contributed by atoms with Gasteiger partial charge in [-0.25, -0.2) is 9.97 Å². The molecule has 6 nitrogen and oxygen atoms in total. The average molecular weight is 306 g/mol. The summed E-state index contributed by atoms with van der Waals surface area (Å²) in [5, 5.41) is 2.90. The summed E-state index contributed by atoms with van der Waals surface area (Å²) in [6, 6.07) is 1.95.